The van der Waals surface area contributed by atoms with Crippen molar-refractivity contribution in [2.24, 2.45) is 0 Å². The van der Waals surface area contributed by atoms with Crippen molar-refractivity contribution >= 4 is 0 Å². The van der Waals surface area contributed by atoms with Gasteiger partial charge in [0.2, 0.25) is 0 Å². The first-order chi connectivity index (χ1) is 7.83. The van der Waals surface area contributed by atoms with Gasteiger partial charge in [0.05, 0.1) is 14.2 Å². The molecule has 0 aliphatic carbocycles. The van der Waals surface area contributed by atoms with Gasteiger partial charge in [0.15, 0.2) is 0 Å². The van der Waals surface area contributed by atoms with Gasteiger partial charge in [-0.3, -0.25) is 0 Å². The number of piperidine rings is 1. The first-order valence-electron chi connectivity index (χ1n) is 5.77. The van der Waals surface area contributed by atoms with E-state index in [1.54, 1.807) is 14.2 Å². The molecule has 0 unspecified atom stereocenters. The Hall–Kier alpha value is -1.22. The van der Waals surface area contributed by atoms with E-state index in [2.05, 4.69) is 17.4 Å². The molecule has 1 fully saturated rings. The Morgan fingerprint density at radius 3 is 2.31 bits per heavy atom. The van der Waals surface area contributed by atoms with E-state index in [-0.39, 0.29) is 0 Å². The monoisotopic (exact) mass is 221 g/mol. The lowest BCUT2D eigenvalue weighted by atomic mass is 9.91. The zero-order valence-electron chi connectivity index (χ0n) is 9.95. The van der Waals surface area contributed by atoms with Crippen LogP contribution in [-0.2, 0) is 0 Å². The lowest BCUT2D eigenvalue weighted by Gasteiger charge is -2.23. The summed E-state index contributed by atoms with van der Waals surface area (Å²) in [6.45, 7) is 2.19. The summed E-state index contributed by atoms with van der Waals surface area (Å²) >= 11 is 0. The van der Waals surface area contributed by atoms with Gasteiger partial charge in [-0.15, -0.1) is 0 Å². The molecule has 0 amide bonds. The van der Waals surface area contributed by atoms with Crippen molar-refractivity contribution in [3.63, 3.8) is 0 Å². The molecule has 0 saturated carbocycles. The van der Waals surface area contributed by atoms with Crippen molar-refractivity contribution < 1.29 is 9.47 Å². The van der Waals surface area contributed by atoms with E-state index in [9.17, 15) is 0 Å². The maximum atomic E-state index is 5.29. The van der Waals surface area contributed by atoms with Crippen LogP contribution in [0.2, 0.25) is 0 Å². The molecule has 1 atom stereocenters. The Balaban J connectivity index is 2.24. The summed E-state index contributed by atoms with van der Waals surface area (Å²) in [5.74, 6) is 2.33. The zero-order valence-corrected chi connectivity index (χ0v) is 9.95. The average molecular weight is 221 g/mol. The SMILES string of the molecule is COc1cc(OC)cc([C@@H]2CCCNC2)c1. The molecule has 1 N–H and O–H groups in total. The summed E-state index contributed by atoms with van der Waals surface area (Å²) < 4.78 is 10.6. The minimum atomic E-state index is 0.581. The molecule has 0 aromatic heterocycles. The standard InChI is InChI=1S/C13H19NO2/c1-15-12-6-11(7-13(8-12)16-2)10-4-3-5-14-9-10/h6-8,10,14H,3-5,9H2,1-2H3/t10-/m1/s1. The van der Waals surface area contributed by atoms with Crippen molar-refractivity contribution in [2.75, 3.05) is 27.3 Å². The second kappa shape index (κ2) is 5.21. The third-order valence-corrected chi connectivity index (χ3v) is 3.14. The minimum absolute atomic E-state index is 0.581. The highest BCUT2D eigenvalue weighted by atomic mass is 16.5. The molecule has 3 heteroatoms. The van der Waals surface area contributed by atoms with Gasteiger partial charge in [-0.25, -0.2) is 0 Å². The minimum Gasteiger partial charge on any atom is -0.497 e. The number of ether oxygens (including phenoxy) is 2. The maximum Gasteiger partial charge on any atom is 0.122 e. The quantitative estimate of drug-likeness (QED) is 0.848. The predicted molar refractivity (Wildman–Crippen MR) is 64.4 cm³/mol. The van der Waals surface area contributed by atoms with Gasteiger partial charge >= 0.3 is 0 Å². The predicted octanol–water partition coefficient (Wildman–Crippen LogP) is 2.17. The molecule has 1 aliphatic rings. The van der Waals surface area contributed by atoms with Crippen LogP contribution in [0.5, 0.6) is 11.5 Å². The highest BCUT2D eigenvalue weighted by Gasteiger charge is 2.16. The summed E-state index contributed by atoms with van der Waals surface area (Å²) in [7, 11) is 3.38. The lowest BCUT2D eigenvalue weighted by Crippen LogP contribution is -2.28. The van der Waals surface area contributed by atoms with E-state index in [0.717, 1.165) is 24.6 Å². The molecule has 1 aliphatic heterocycles. The van der Waals surface area contributed by atoms with Gasteiger partial charge in [0.1, 0.15) is 11.5 Å². The van der Waals surface area contributed by atoms with Crippen molar-refractivity contribution in [1.82, 2.24) is 5.32 Å². The molecule has 0 bridgehead atoms. The Bertz CT molecular complexity index is 324. The van der Waals surface area contributed by atoms with E-state index >= 15 is 0 Å². The molecule has 16 heavy (non-hydrogen) atoms. The Morgan fingerprint density at radius 2 is 1.81 bits per heavy atom. The molecular weight excluding hydrogens is 202 g/mol. The molecule has 1 aromatic carbocycles. The van der Waals surface area contributed by atoms with Gasteiger partial charge in [0, 0.05) is 12.6 Å². The zero-order chi connectivity index (χ0) is 11.4. The molecule has 3 nitrogen and oxygen atoms in total. The first kappa shape index (κ1) is 11.3. The molecule has 1 aromatic rings. The van der Waals surface area contributed by atoms with E-state index in [0.29, 0.717) is 5.92 Å². The molecule has 1 heterocycles. The second-order valence-corrected chi connectivity index (χ2v) is 4.19. The van der Waals surface area contributed by atoms with Crippen LogP contribution >= 0.6 is 0 Å². The van der Waals surface area contributed by atoms with Crippen LogP contribution in [0.4, 0.5) is 0 Å². The van der Waals surface area contributed by atoms with Crippen LogP contribution in [0, 0.1) is 0 Å². The lowest BCUT2D eigenvalue weighted by molar-refractivity contribution is 0.390. The summed E-state index contributed by atoms with van der Waals surface area (Å²) in [5, 5.41) is 3.43. The Labute approximate surface area is 96.8 Å². The van der Waals surface area contributed by atoms with Crippen molar-refractivity contribution in [2.45, 2.75) is 18.8 Å². The van der Waals surface area contributed by atoms with Gasteiger partial charge in [-0.1, -0.05) is 0 Å². The van der Waals surface area contributed by atoms with Gasteiger partial charge in [-0.05, 0) is 43.0 Å². The number of benzene rings is 1. The average Bonchev–Trinajstić information content (AvgIpc) is 2.39. The number of rotatable bonds is 3. The van der Waals surface area contributed by atoms with E-state index in [1.165, 1.54) is 18.4 Å². The number of nitrogens with one attached hydrogen (secondary N) is 1. The van der Waals surface area contributed by atoms with Crippen LogP contribution in [-0.4, -0.2) is 27.3 Å². The van der Waals surface area contributed by atoms with E-state index in [4.69, 9.17) is 9.47 Å². The van der Waals surface area contributed by atoms with Crippen molar-refractivity contribution in [1.29, 1.82) is 0 Å². The molecule has 88 valence electrons. The summed E-state index contributed by atoms with van der Waals surface area (Å²) in [5.41, 5.74) is 1.31. The van der Waals surface area contributed by atoms with Crippen LogP contribution in [0.1, 0.15) is 24.3 Å². The topological polar surface area (TPSA) is 30.5 Å². The maximum absolute atomic E-state index is 5.29. The van der Waals surface area contributed by atoms with Gasteiger partial charge < -0.3 is 14.8 Å². The van der Waals surface area contributed by atoms with Crippen LogP contribution in [0.25, 0.3) is 0 Å². The Morgan fingerprint density at radius 1 is 1.12 bits per heavy atom. The van der Waals surface area contributed by atoms with Crippen molar-refractivity contribution in [3.05, 3.63) is 23.8 Å². The molecule has 0 radical (unpaired) electrons. The molecule has 0 spiro atoms. The van der Waals surface area contributed by atoms with Crippen molar-refractivity contribution in [3.8, 4) is 11.5 Å². The number of methoxy groups -OCH3 is 2. The second-order valence-electron chi connectivity index (χ2n) is 4.19. The van der Waals surface area contributed by atoms with Crippen LogP contribution in [0.3, 0.4) is 0 Å². The number of hydrogen-bond acceptors (Lipinski definition) is 3. The molecular formula is C13H19NO2. The fraction of sp³-hybridized carbons (Fsp3) is 0.538. The molecule has 2 rings (SSSR count). The van der Waals surface area contributed by atoms with E-state index in [1.807, 2.05) is 6.07 Å². The van der Waals surface area contributed by atoms with Gasteiger partial charge in [0.25, 0.3) is 0 Å². The summed E-state index contributed by atoms with van der Waals surface area (Å²) in [4.78, 5) is 0. The number of hydrogen-bond donors (Lipinski definition) is 1. The smallest absolute Gasteiger partial charge is 0.122 e. The fourth-order valence-corrected chi connectivity index (χ4v) is 2.20. The highest BCUT2D eigenvalue weighted by Crippen LogP contribution is 2.30. The third-order valence-electron chi connectivity index (χ3n) is 3.14. The largest absolute Gasteiger partial charge is 0.497 e. The van der Waals surface area contributed by atoms with Crippen LogP contribution in [0.15, 0.2) is 18.2 Å². The Kier molecular flexibility index (Phi) is 3.67. The van der Waals surface area contributed by atoms with E-state index < -0.39 is 0 Å². The highest BCUT2D eigenvalue weighted by molar-refractivity contribution is 5.40. The van der Waals surface area contributed by atoms with Gasteiger partial charge in [-0.2, -0.15) is 0 Å². The first-order valence-corrected chi connectivity index (χ1v) is 5.77. The fourth-order valence-electron chi connectivity index (χ4n) is 2.20. The van der Waals surface area contributed by atoms with Crippen LogP contribution < -0.4 is 14.8 Å². The normalized spacial score (nSPS) is 20.5. The molecule has 1 saturated heterocycles. The summed E-state index contributed by atoms with van der Waals surface area (Å²) in [6.07, 6.45) is 2.48. The summed E-state index contributed by atoms with van der Waals surface area (Å²) in [6, 6.07) is 6.14. The third kappa shape index (κ3) is 2.47.